The van der Waals surface area contributed by atoms with Gasteiger partial charge < -0.3 is 10.2 Å². The Bertz CT molecular complexity index is 499. The van der Waals surface area contributed by atoms with Crippen LogP contribution < -0.4 is 10.2 Å². The van der Waals surface area contributed by atoms with Crippen LogP contribution in [-0.2, 0) is 0 Å². The van der Waals surface area contributed by atoms with Crippen molar-refractivity contribution in [3.63, 3.8) is 0 Å². The van der Waals surface area contributed by atoms with Gasteiger partial charge in [0.05, 0.1) is 11.6 Å². The van der Waals surface area contributed by atoms with Crippen molar-refractivity contribution in [1.82, 2.24) is 10.3 Å². The van der Waals surface area contributed by atoms with Gasteiger partial charge in [-0.25, -0.2) is 4.98 Å². The molecule has 2 N–H and O–H groups in total. The Kier molecular flexibility index (Phi) is 4.09. The van der Waals surface area contributed by atoms with Crippen molar-refractivity contribution in [2.24, 2.45) is 0 Å². The molecule has 0 radical (unpaired) electrons. The molecule has 0 unspecified atom stereocenters. The zero-order valence-electron chi connectivity index (χ0n) is 10.0. The van der Waals surface area contributed by atoms with Gasteiger partial charge in [-0.3, -0.25) is 5.41 Å². The van der Waals surface area contributed by atoms with Crippen LogP contribution in [0.1, 0.15) is 6.42 Å². The monoisotopic (exact) mass is 284 g/mol. The van der Waals surface area contributed by atoms with Gasteiger partial charge in [0.15, 0.2) is 0 Å². The third-order valence-corrected chi connectivity index (χ3v) is 3.47. The number of nitrogens with one attached hydrogen (secondary N) is 2. The van der Waals surface area contributed by atoms with Gasteiger partial charge in [0.2, 0.25) is 0 Å². The van der Waals surface area contributed by atoms with Gasteiger partial charge in [-0.2, -0.15) is 0 Å². The van der Waals surface area contributed by atoms with Crippen LogP contribution >= 0.6 is 23.2 Å². The summed E-state index contributed by atoms with van der Waals surface area (Å²) in [6.45, 7) is 1.39. The van der Waals surface area contributed by atoms with Crippen molar-refractivity contribution in [1.29, 1.82) is 5.41 Å². The van der Waals surface area contributed by atoms with Crippen LogP contribution in [0.4, 0.5) is 5.82 Å². The van der Waals surface area contributed by atoms with Crippen molar-refractivity contribution < 1.29 is 0 Å². The fraction of sp³-hybridized carbons (Fsp3) is 0.333. The standard InChI is InChI=1S/C12H14Cl2N4/c1-16-10-7-18(6-4-8(10)11(14)15)12-9(13)3-2-5-17-12/h2-3,5,15-16H,4,6-7H2,1H3. The first-order chi connectivity index (χ1) is 8.63. The molecule has 0 spiro atoms. The number of nitrogens with zero attached hydrogens (tertiary/aromatic N) is 2. The predicted octanol–water partition coefficient (Wildman–Crippen LogP) is 2.63. The lowest BCUT2D eigenvalue weighted by Crippen LogP contribution is -2.37. The van der Waals surface area contributed by atoms with E-state index < -0.39 is 0 Å². The van der Waals surface area contributed by atoms with Gasteiger partial charge in [0, 0.05) is 31.1 Å². The van der Waals surface area contributed by atoms with Crippen molar-refractivity contribution in [3.05, 3.63) is 34.6 Å². The summed E-state index contributed by atoms with van der Waals surface area (Å²) in [4.78, 5) is 6.38. The second kappa shape index (κ2) is 5.59. The lowest BCUT2D eigenvalue weighted by atomic mass is 10.1. The minimum Gasteiger partial charge on any atom is -0.390 e. The molecular weight excluding hydrogens is 271 g/mol. The third-order valence-electron chi connectivity index (χ3n) is 2.95. The molecule has 0 aliphatic carbocycles. The van der Waals surface area contributed by atoms with Crippen molar-refractivity contribution in [3.8, 4) is 0 Å². The number of likely N-dealkylation sites (N-methyl/N-ethyl adjacent to an activating group) is 1. The van der Waals surface area contributed by atoms with Gasteiger partial charge in [-0.15, -0.1) is 0 Å². The Morgan fingerprint density at radius 1 is 1.56 bits per heavy atom. The largest absolute Gasteiger partial charge is 0.390 e. The average Bonchev–Trinajstić information content (AvgIpc) is 2.38. The van der Waals surface area contributed by atoms with E-state index in [1.54, 1.807) is 6.20 Å². The summed E-state index contributed by atoms with van der Waals surface area (Å²) in [6.07, 6.45) is 2.44. The van der Waals surface area contributed by atoms with Gasteiger partial charge >= 0.3 is 0 Å². The quantitative estimate of drug-likeness (QED) is 0.839. The Balaban J connectivity index is 2.27. The zero-order valence-corrected chi connectivity index (χ0v) is 11.5. The Hall–Kier alpha value is -1.26. The molecule has 0 aromatic carbocycles. The zero-order chi connectivity index (χ0) is 13.1. The van der Waals surface area contributed by atoms with Gasteiger partial charge in [-0.05, 0) is 18.6 Å². The smallest absolute Gasteiger partial charge is 0.147 e. The topological polar surface area (TPSA) is 52.0 Å². The molecule has 1 aromatic rings. The molecule has 1 aliphatic heterocycles. The Labute approximate surface area is 116 Å². The van der Waals surface area contributed by atoms with Crippen molar-refractivity contribution in [2.45, 2.75) is 6.42 Å². The third kappa shape index (κ3) is 2.60. The highest BCUT2D eigenvalue weighted by atomic mass is 35.5. The lowest BCUT2D eigenvalue weighted by Gasteiger charge is -2.31. The van der Waals surface area contributed by atoms with E-state index in [1.807, 2.05) is 19.2 Å². The SMILES string of the molecule is CNC1=C(C(=N)Cl)CCN(c2ncccc2Cl)C1. The number of aromatic nitrogens is 1. The fourth-order valence-electron chi connectivity index (χ4n) is 2.03. The van der Waals surface area contributed by atoms with Crippen LogP contribution in [0.25, 0.3) is 0 Å². The molecule has 6 heteroatoms. The highest BCUT2D eigenvalue weighted by Gasteiger charge is 2.22. The van der Waals surface area contributed by atoms with Crippen LogP contribution in [-0.4, -0.2) is 30.3 Å². The summed E-state index contributed by atoms with van der Waals surface area (Å²) in [5, 5.41) is 11.4. The number of pyridine rings is 1. The number of anilines is 1. The van der Waals surface area contributed by atoms with E-state index in [0.717, 1.165) is 23.6 Å². The molecule has 0 fully saturated rings. The molecule has 0 atom stereocenters. The lowest BCUT2D eigenvalue weighted by molar-refractivity contribution is 0.724. The maximum absolute atomic E-state index is 7.54. The van der Waals surface area contributed by atoms with E-state index in [0.29, 0.717) is 18.0 Å². The first kappa shape index (κ1) is 13.2. The number of hydrogen-bond donors (Lipinski definition) is 2. The molecule has 0 amide bonds. The second-order valence-electron chi connectivity index (χ2n) is 4.00. The van der Waals surface area contributed by atoms with E-state index >= 15 is 0 Å². The highest BCUT2D eigenvalue weighted by molar-refractivity contribution is 6.68. The summed E-state index contributed by atoms with van der Waals surface area (Å²) in [6, 6.07) is 3.64. The minimum absolute atomic E-state index is 0.103. The van der Waals surface area contributed by atoms with Gasteiger partial charge in [-0.1, -0.05) is 23.2 Å². The van der Waals surface area contributed by atoms with Crippen LogP contribution in [0.2, 0.25) is 5.02 Å². The van der Waals surface area contributed by atoms with E-state index in [4.69, 9.17) is 28.6 Å². The molecule has 0 saturated heterocycles. The fourth-order valence-corrected chi connectivity index (χ4v) is 2.48. The predicted molar refractivity (Wildman–Crippen MR) is 75.7 cm³/mol. The van der Waals surface area contributed by atoms with Crippen LogP contribution in [0.5, 0.6) is 0 Å². The van der Waals surface area contributed by atoms with Crippen molar-refractivity contribution >= 4 is 34.2 Å². The maximum Gasteiger partial charge on any atom is 0.147 e. The summed E-state index contributed by atoms with van der Waals surface area (Å²) >= 11 is 11.9. The number of halogens is 2. The van der Waals surface area contributed by atoms with Crippen LogP contribution in [0, 0.1) is 5.41 Å². The van der Waals surface area contributed by atoms with Gasteiger partial charge in [0.25, 0.3) is 0 Å². The first-order valence-corrected chi connectivity index (χ1v) is 6.38. The maximum atomic E-state index is 7.54. The van der Waals surface area contributed by atoms with Crippen molar-refractivity contribution in [2.75, 3.05) is 25.0 Å². The molecule has 18 heavy (non-hydrogen) atoms. The van der Waals surface area contributed by atoms with E-state index in [2.05, 4.69) is 15.2 Å². The van der Waals surface area contributed by atoms with Gasteiger partial charge in [0.1, 0.15) is 11.0 Å². The average molecular weight is 285 g/mol. The normalized spacial score (nSPS) is 15.8. The number of hydrogen-bond acceptors (Lipinski definition) is 4. The second-order valence-corrected chi connectivity index (χ2v) is 4.79. The molecule has 4 nitrogen and oxygen atoms in total. The summed E-state index contributed by atoms with van der Waals surface area (Å²) < 4.78 is 0. The molecular formula is C12H14Cl2N4. The van der Waals surface area contributed by atoms with Crippen LogP contribution in [0.3, 0.4) is 0 Å². The molecule has 1 aromatic heterocycles. The summed E-state index contributed by atoms with van der Waals surface area (Å²) in [7, 11) is 1.83. The Morgan fingerprint density at radius 2 is 2.33 bits per heavy atom. The Morgan fingerprint density at radius 3 is 2.94 bits per heavy atom. The summed E-state index contributed by atoms with van der Waals surface area (Å²) in [5.41, 5.74) is 1.81. The molecule has 0 bridgehead atoms. The summed E-state index contributed by atoms with van der Waals surface area (Å²) in [5.74, 6) is 0.770. The van der Waals surface area contributed by atoms with E-state index in [9.17, 15) is 0 Å². The molecule has 2 rings (SSSR count). The highest BCUT2D eigenvalue weighted by Crippen LogP contribution is 2.27. The number of rotatable bonds is 3. The first-order valence-electron chi connectivity index (χ1n) is 5.63. The molecule has 2 heterocycles. The minimum atomic E-state index is 0.103. The van der Waals surface area contributed by atoms with Crippen LogP contribution in [0.15, 0.2) is 29.6 Å². The van der Waals surface area contributed by atoms with E-state index in [1.165, 1.54) is 0 Å². The molecule has 96 valence electrons. The molecule has 0 saturated carbocycles. The molecule has 1 aliphatic rings. The van der Waals surface area contributed by atoms with E-state index in [-0.39, 0.29) is 5.17 Å².